The zero-order valence-corrected chi connectivity index (χ0v) is 10.1. The number of anilines is 1. The fraction of sp³-hybridized carbons (Fsp3) is 0.333. The lowest BCUT2D eigenvalue weighted by atomic mass is 10.2. The van der Waals surface area contributed by atoms with Crippen LogP contribution in [0.2, 0.25) is 0 Å². The van der Waals surface area contributed by atoms with E-state index in [0.717, 1.165) is 18.6 Å². The lowest BCUT2D eigenvalue weighted by Gasteiger charge is -2.06. The zero-order chi connectivity index (χ0) is 13.5. The highest BCUT2D eigenvalue weighted by Crippen LogP contribution is 2.10. The van der Waals surface area contributed by atoms with Crippen LogP contribution in [0.3, 0.4) is 0 Å². The van der Waals surface area contributed by atoms with Crippen LogP contribution in [0.4, 0.5) is 10.1 Å². The van der Waals surface area contributed by atoms with Crippen LogP contribution < -0.4 is 16.4 Å². The van der Waals surface area contributed by atoms with Crippen molar-refractivity contribution in [1.29, 1.82) is 0 Å². The first-order chi connectivity index (χ1) is 8.52. The fourth-order valence-electron chi connectivity index (χ4n) is 1.33. The standard InChI is InChI=1S/C12H16FN3O2/c1-2-3-15-11(17)7-16-12(18)8-4-9(13)6-10(14)5-8/h4-6H,2-3,7,14H2,1H3,(H,15,17)(H,16,18). The number of hydrogen-bond donors (Lipinski definition) is 3. The van der Waals surface area contributed by atoms with Crippen LogP contribution >= 0.6 is 0 Å². The second-order valence-corrected chi connectivity index (χ2v) is 3.81. The molecule has 0 aliphatic rings. The summed E-state index contributed by atoms with van der Waals surface area (Å²) >= 11 is 0. The number of amides is 2. The Morgan fingerprint density at radius 1 is 1.28 bits per heavy atom. The first-order valence-electron chi connectivity index (χ1n) is 5.64. The van der Waals surface area contributed by atoms with Gasteiger partial charge < -0.3 is 16.4 Å². The summed E-state index contributed by atoms with van der Waals surface area (Å²) in [5.41, 5.74) is 5.68. The molecule has 0 radical (unpaired) electrons. The molecule has 0 bridgehead atoms. The molecule has 98 valence electrons. The Morgan fingerprint density at radius 3 is 2.61 bits per heavy atom. The molecule has 1 rings (SSSR count). The summed E-state index contributed by atoms with van der Waals surface area (Å²) in [5, 5.41) is 5.00. The smallest absolute Gasteiger partial charge is 0.251 e. The van der Waals surface area contributed by atoms with Crippen molar-refractivity contribution >= 4 is 17.5 Å². The van der Waals surface area contributed by atoms with E-state index in [0.29, 0.717) is 6.54 Å². The second-order valence-electron chi connectivity index (χ2n) is 3.81. The first kappa shape index (κ1) is 14.0. The summed E-state index contributed by atoms with van der Waals surface area (Å²) < 4.78 is 13.0. The molecule has 0 heterocycles. The molecule has 18 heavy (non-hydrogen) atoms. The number of carbonyl (C=O) groups excluding carboxylic acids is 2. The van der Waals surface area contributed by atoms with Crippen LogP contribution in [0, 0.1) is 5.82 Å². The number of nitrogens with one attached hydrogen (secondary N) is 2. The van der Waals surface area contributed by atoms with E-state index >= 15 is 0 Å². The summed E-state index contributed by atoms with van der Waals surface area (Å²) in [6, 6.07) is 3.53. The topological polar surface area (TPSA) is 84.2 Å². The molecule has 2 amide bonds. The van der Waals surface area contributed by atoms with Crippen LogP contribution in [0.1, 0.15) is 23.7 Å². The third-order valence-corrected chi connectivity index (χ3v) is 2.16. The van der Waals surface area contributed by atoms with Crippen molar-refractivity contribution in [2.24, 2.45) is 0 Å². The largest absolute Gasteiger partial charge is 0.399 e. The zero-order valence-electron chi connectivity index (χ0n) is 10.1. The van der Waals surface area contributed by atoms with Crippen molar-refractivity contribution in [2.45, 2.75) is 13.3 Å². The van der Waals surface area contributed by atoms with Gasteiger partial charge in [0.1, 0.15) is 5.82 Å². The van der Waals surface area contributed by atoms with Crippen LogP contribution in [-0.2, 0) is 4.79 Å². The molecular weight excluding hydrogens is 237 g/mol. The minimum Gasteiger partial charge on any atom is -0.399 e. The van der Waals surface area contributed by atoms with Gasteiger partial charge >= 0.3 is 0 Å². The van der Waals surface area contributed by atoms with E-state index in [1.54, 1.807) is 0 Å². The predicted molar refractivity (Wildman–Crippen MR) is 66.4 cm³/mol. The molecule has 0 fully saturated rings. The molecule has 0 aromatic heterocycles. The normalized spacial score (nSPS) is 9.89. The van der Waals surface area contributed by atoms with Gasteiger partial charge in [0.2, 0.25) is 5.91 Å². The van der Waals surface area contributed by atoms with E-state index < -0.39 is 11.7 Å². The Bertz CT molecular complexity index is 429. The van der Waals surface area contributed by atoms with Crippen LogP contribution in [0.5, 0.6) is 0 Å². The number of nitrogens with two attached hydrogens (primary N) is 1. The molecule has 4 N–H and O–H groups in total. The fourth-order valence-corrected chi connectivity index (χ4v) is 1.33. The van der Waals surface area contributed by atoms with Crippen molar-refractivity contribution in [3.05, 3.63) is 29.6 Å². The van der Waals surface area contributed by atoms with Crippen molar-refractivity contribution in [1.82, 2.24) is 10.6 Å². The summed E-state index contributed by atoms with van der Waals surface area (Å²) in [6.07, 6.45) is 0.820. The van der Waals surface area contributed by atoms with Crippen molar-refractivity contribution in [3.63, 3.8) is 0 Å². The minimum absolute atomic E-state index is 0.0933. The van der Waals surface area contributed by atoms with E-state index in [4.69, 9.17) is 5.73 Å². The van der Waals surface area contributed by atoms with E-state index in [1.165, 1.54) is 6.07 Å². The van der Waals surface area contributed by atoms with Gasteiger partial charge in [-0.15, -0.1) is 0 Å². The van der Waals surface area contributed by atoms with Crippen LogP contribution in [-0.4, -0.2) is 24.9 Å². The van der Waals surface area contributed by atoms with Crippen molar-refractivity contribution in [2.75, 3.05) is 18.8 Å². The maximum atomic E-state index is 13.0. The van der Waals surface area contributed by atoms with Gasteiger partial charge in [-0.1, -0.05) is 6.92 Å². The third kappa shape index (κ3) is 4.40. The maximum Gasteiger partial charge on any atom is 0.251 e. The summed E-state index contributed by atoms with van der Waals surface area (Å²) in [6.45, 7) is 2.34. The number of benzene rings is 1. The van der Waals surface area contributed by atoms with Gasteiger partial charge in [0.15, 0.2) is 0 Å². The van der Waals surface area contributed by atoms with Gasteiger partial charge in [-0.2, -0.15) is 0 Å². The Morgan fingerprint density at radius 2 is 2.00 bits per heavy atom. The lowest BCUT2D eigenvalue weighted by molar-refractivity contribution is -0.120. The average Bonchev–Trinajstić information content (AvgIpc) is 2.32. The van der Waals surface area contributed by atoms with Gasteiger partial charge in [0.25, 0.3) is 5.91 Å². The molecule has 0 spiro atoms. The summed E-state index contributed by atoms with van der Waals surface area (Å²) in [7, 11) is 0. The monoisotopic (exact) mass is 253 g/mol. The van der Waals surface area contributed by atoms with Gasteiger partial charge in [0.05, 0.1) is 6.54 Å². The first-order valence-corrected chi connectivity index (χ1v) is 5.64. The number of carbonyl (C=O) groups is 2. The van der Waals surface area contributed by atoms with Gasteiger partial charge in [-0.25, -0.2) is 4.39 Å². The average molecular weight is 253 g/mol. The quantitative estimate of drug-likeness (QED) is 0.674. The predicted octanol–water partition coefficient (Wildman–Crippen LogP) is 0.664. The molecule has 1 aromatic carbocycles. The highest BCUT2D eigenvalue weighted by atomic mass is 19.1. The molecule has 0 unspecified atom stereocenters. The summed E-state index contributed by atoms with van der Waals surface area (Å²) in [5.74, 6) is -1.40. The molecule has 0 aliphatic carbocycles. The lowest BCUT2D eigenvalue weighted by Crippen LogP contribution is -2.37. The maximum absolute atomic E-state index is 13.0. The molecule has 6 heteroatoms. The Hall–Kier alpha value is -2.11. The highest BCUT2D eigenvalue weighted by molar-refractivity contribution is 5.97. The Balaban J connectivity index is 2.52. The minimum atomic E-state index is -0.587. The van der Waals surface area contributed by atoms with Gasteiger partial charge in [-0.3, -0.25) is 9.59 Å². The molecule has 1 aromatic rings. The Labute approximate surface area is 105 Å². The molecule has 0 saturated carbocycles. The molecular formula is C12H16FN3O2. The number of halogens is 1. The third-order valence-electron chi connectivity index (χ3n) is 2.16. The van der Waals surface area contributed by atoms with E-state index in [2.05, 4.69) is 10.6 Å². The van der Waals surface area contributed by atoms with Crippen molar-refractivity contribution < 1.29 is 14.0 Å². The molecule has 0 aliphatic heterocycles. The van der Waals surface area contributed by atoms with E-state index in [9.17, 15) is 14.0 Å². The van der Waals surface area contributed by atoms with Crippen LogP contribution in [0.25, 0.3) is 0 Å². The number of nitrogen functional groups attached to an aromatic ring is 1. The number of hydrogen-bond acceptors (Lipinski definition) is 3. The highest BCUT2D eigenvalue weighted by Gasteiger charge is 2.09. The summed E-state index contributed by atoms with van der Waals surface area (Å²) in [4.78, 5) is 22.9. The molecule has 0 saturated heterocycles. The van der Waals surface area contributed by atoms with E-state index in [-0.39, 0.29) is 23.7 Å². The number of rotatable bonds is 5. The van der Waals surface area contributed by atoms with Gasteiger partial charge in [-0.05, 0) is 24.6 Å². The van der Waals surface area contributed by atoms with Crippen LogP contribution in [0.15, 0.2) is 18.2 Å². The van der Waals surface area contributed by atoms with Gasteiger partial charge in [0, 0.05) is 17.8 Å². The SMILES string of the molecule is CCCNC(=O)CNC(=O)c1cc(N)cc(F)c1. The Kier molecular flexibility index (Phi) is 5.10. The van der Waals surface area contributed by atoms with E-state index in [1.807, 2.05) is 6.92 Å². The second kappa shape index (κ2) is 6.58. The molecule has 0 atom stereocenters. The molecule has 5 nitrogen and oxygen atoms in total. The van der Waals surface area contributed by atoms with Crippen molar-refractivity contribution in [3.8, 4) is 0 Å².